The van der Waals surface area contributed by atoms with Crippen LogP contribution in [0.4, 0.5) is 59.7 Å². The third-order valence-corrected chi connectivity index (χ3v) is 4.85. The minimum absolute atomic E-state index is 0.330. The molecule has 0 bridgehead atoms. The average Bonchev–Trinajstić information content (AvgIpc) is 2.77. The normalized spacial score (nSPS) is 13.0. The minimum atomic E-state index is -6.63. The molecule has 0 saturated carbocycles. The molecule has 0 aliphatic rings. The fraction of sp³-hybridized carbons (Fsp3) is 0.316. The minimum Gasteiger partial charge on any atom is -0.480 e. The van der Waals surface area contributed by atoms with Crippen molar-refractivity contribution < 1.29 is 62.7 Å². The standard InChI is InChI=1S/C19H10ClF11N2O4/c20-10-3-2-9(18(27,28)29)6-11(10)32-14(34)8-1-4-13(12(5-8)33(35)36)37-7-16(23,24)19(30,31)17(25,26)15(21)22/h1-6,15H,7H2,(H,32,34). The van der Waals surface area contributed by atoms with E-state index in [1.807, 2.05) is 5.32 Å². The second-order valence-corrected chi connectivity index (χ2v) is 7.48. The Morgan fingerprint density at radius 2 is 1.59 bits per heavy atom. The Hall–Kier alpha value is -3.37. The maximum atomic E-state index is 13.7. The lowest BCUT2D eigenvalue weighted by molar-refractivity contribution is -0.386. The Bertz CT molecular complexity index is 1190. The molecule has 0 aromatic heterocycles. The van der Waals surface area contributed by atoms with E-state index in [-0.39, 0.29) is 5.02 Å². The maximum absolute atomic E-state index is 13.7. The van der Waals surface area contributed by atoms with Gasteiger partial charge in [-0.05, 0) is 30.3 Å². The molecule has 0 aliphatic heterocycles. The third-order valence-electron chi connectivity index (χ3n) is 4.52. The number of carbonyl (C=O) groups excluding carboxylic acids is 1. The Kier molecular flexibility index (Phi) is 8.21. The van der Waals surface area contributed by atoms with E-state index in [9.17, 15) is 63.2 Å². The van der Waals surface area contributed by atoms with Crippen LogP contribution in [0.2, 0.25) is 5.02 Å². The van der Waals surface area contributed by atoms with E-state index >= 15 is 0 Å². The first kappa shape index (κ1) is 29.9. The van der Waals surface area contributed by atoms with Gasteiger partial charge in [0, 0.05) is 11.6 Å². The number of hydrogen-bond acceptors (Lipinski definition) is 4. The second-order valence-electron chi connectivity index (χ2n) is 7.08. The number of nitrogens with zero attached hydrogens (tertiary/aromatic N) is 1. The molecule has 2 aromatic rings. The molecule has 1 N–H and O–H groups in total. The molecule has 2 aromatic carbocycles. The van der Waals surface area contributed by atoms with E-state index in [2.05, 4.69) is 4.74 Å². The van der Waals surface area contributed by atoms with Crippen molar-refractivity contribution in [3.8, 4) is 5.75 Å². The Labute approximate surface area is 203 Å². The molecule has 0 atom stereocenters. The average molecular weight is 575 g/mol. The first-order valence-electron chi connectivity index (χ1n) is 9.23. The molecular weight excluding hydrogens is 565 g/mol. The van der Waals surface area contributed by atoms with E-state index in [1.54, 1.807) is 0 Å². The summed E-state index contributed by atoms with van der Waals surface area (Å²) >= 11 is 5.71. The molecule has 0 unspecified atom stereocenters. The largest absolute Gasteiger partial charge is 0.480 e. The number of ether oxygens (including phenoxy) is 1. The molecule has 18 heteroatoms. The van der Waals surface area contributed by atoms with Gasteiger partial charge in [0.15, 0.2) is 12.4 Å². The van der Waals surface area contributed by atoms with E-state index in [0.717, 1.165) is 6.07 Å². The predicted molar refractivity (Wildman–Crippen MR) is 104 cm³/mol. The number of rotatable bonds is 9. The summed E-state index contributed by atoms with van der Waals surface area (Å²) in [6, 6.07) is 3.15. The van der Waals surface area contributed by atoms with Crippen LogP contribution in [0.15, 0.2) is 36.4 Å². The van der Waals surface area contributed by atoms with Gasteiger partial charge < -0.3 is 10.1 Å². The molecule has 0 radical (unpaired) electrons. The van der Waals surface area contributed by atoms with Crippen molar-refractivity contribution in [1.29, 1.82) is 0 Å². The number of benzene rings is 2. The number of hydrogen-bond donors (Lipinski definition) is 1. The highest BCUT2D eigenvalue weighted by Gasteiger charge is 2.75. The molecule has 0 spiro atoms. The Morgan fingerprint density at radius 3 is 2.11 bits per heavy atom. The van der Waals surface area contributed by atoms with Crippen molar-refractivity contribution in [2.45, 2.75) is 30.4 Å². The van der Waals surface area contributed by atoms with E-state index in [1.165, 1.54) is 0 Å². The smallest absolute Gasteiger partial charge is 0.416 e. The summed E-state index contributed by atoms with van der Waals surface area (Å²) in [7, 11) is 0. The highest BCUT2D eigenvalue weighted by atomic mass is 35.5. The van der Waals surface area contributed by atoms with Crippen LogP contribution in [0.5, 0.6) is 5.75 Å². The molecule has 0 heterocycles. The zero-order valence-electron chi connectivity index (χ0n) is 17.4. The van der Waals surface area contributed by atoms with Gasteiger partial charge in [-0.1, -0.05) is 11.6 Å². The molecule has 0 saturated heterocycles. The first-order valence-corrected chi connectivity index (χ1v) is 9.61. The zero-order chi connectivity index (χ0) is 28.6. The SMILES string of the molecule is O=C(Nc1cc(C(F)(F)F)ccc1Cl)c1ccc(OCC(F)(F)C(F)(F)C(F)(F)C(F)F)c([N+](=O)[O-])c1. The quantitative estimate of drug-likeness (QED) is 0.197. The van der Waals surface area contributed by atoms with Crippen molar-refractivity contribution in [2.24, 2.45) is 0 Å². The van der Waals surface area contributed by atoms with Gasteiger partial charge in [0.25, 0.3) is 5.91 Å². The molecule has 0 fully saturated rings. The summed E-state index contributed by atoms with van der Waals surface area (Å²) in [5, 5.41) is 12.8. The van der Waals surface area contributed by atoms with Crippen LogP contribution in [0.3, 0.4) is 0 Å². The fourth-order valence-electron chi connectivity index (χ4n) is 2.56. The van der Waals surface area contributed by atoms with E-state index in [4.69, 9.17) is 11.6 Å². The highest BCUT2D eigenvalue weighted by Crippen LogP contribution is 2.48. The van der Waals surface area contributed by atoms with Crippen LogP contribution in [0.1, 0.15) is 15.9 Å². The summed E-state index contributed by atoms with van der Waals surface area (Å²) in [6.45, 7) is -2.71. The fourth-order valence-corrected chi connectivity index (χ4v) is 2.72. The van der Waals surface area contributed by atoms with Gasteiger partial charge in [-0.2, -0.15) is 39.5 Å². The zero-order valence-corrected chi connectivity index (χ0v) is 18.1. The van der Waals surface area contributed by atoms with Crippen molar-refractivity contribution in [1.82, 2.24) is 0 Å². The molecule has 204 valence electrons. The lowest BCUT2D eigenvalue weighted by Crippen LogP contribution is -2.59. The molecule has 0 aliphatic carbocycles. The van der Waals surface area contributed by atoms with Gasteiger partial charge in [-0.15, -0.1) is 0 Å². The number of halogens is 12. The Morgan fingerprint density at radius 1 is 1.00 bits per heavy atom. The summed E-state index contributed by atoms with van der Waals surface area (Å²) in [5.41, 5.74) is -3.83. The first-order chi connectivity index (χ1) is 16.7. The summed E-state index contributed by atoms with van der Waals surface area (Å²) in [6.07, 6.45) is -10.0. The van der Waals surface area contributed by atoms with Crippen LogP contribution < -0.4 is 10.1 Å². The summed E-state index contributed by atoms with van der Waals surface area (Å²) in [4.78, 5) is 22.2. The lowest BCUT2D eigenvalue weighted by Gasteiger charge is -2.31. The molecular formula is C19H10ClF11N2O4. The summed E-state index contributed by atoms with van der Waals surface area (Å²) < 4.78 is 147. The van der Waals surface area contributed by atoms with Crippen molar-refractivity contribution >= 4 is 28.9 Å². The molecule has 1 amide bonds. The van der Waals surface area contributed by atoms with Gasteiger partial charge >= 0.3 is 36.1 Å². The van der Waals surface area contributed by atoms with E-state index < -0.39 is 76.1 Å². The van der Waals surface area contributed by atoms with Crippen molar-refractivity contribution in [3.05, 3.63) is 62.7 Å². The lowest BCUT2D eigenvalue weighted by atomic mass is 10.1. The number of amides is 1. The number of nitro groups is 1. The number of anilines is 1. The van der Waals surface area contributed by atoms with E-state index in [0.29, 0.717) is 30.3 Å². The van der Waals surface area contributed by atoms with Gasteiger partial charge in [0.05, 0.1) is 21.2 Å². The number of alkyl halides is 11. The topological polar surface area (TPSA) is 81.5 Å². The van der Waals surface area contributed by atoms with Gasteiger partial charge in [0.1, 0.15) is 0 Å². The van der Waals surface area contributed by atoms with Crippen LogP contribution in [0, 0.1) is 10.1 Å². The van der Waals surface area contributed by atoms with Crippen molar-refractivity contribution in [2.75, 3.05) is 11.9 Å². The van der Waals surface area contributed by atoms with Crippen LogP contribution in [-0.4, -0.2) is 41.6 Å². The number of nitro benzene ring substituents is 1. The Balaban J connectivity index is 2.31. The third kappa shape index (κ3) is 6.14. The molecule has 2 rings (SSSR count). The number of nitrogens with one attached hydrogen (secondary N) is 1. The maximum Gasteiger partial charge on any atom is 0.416 e. The van der Waals surface area contributed by atoms with Gasteiger partial charge in [0.2, 0.25) is 0 Å². The molecule has 37 heavy (non-hydrogen) atoms. The van der Waals surface area contributed by atoms with Crippen LogP contribution in [0.25, 0.3) is 0 Å². The van der Waals surface area contributed by atoms with Crippen molar-refractivity contribution in [3.63, 3.8) is 0 Å². The highest BCUT2D eigenvalue weighted by molar-refractivity contribution is 6.34. The monoisotopic (exact) mass is 574 g/mol. The van der Waals surface area contributed by atoms with Crippen LogP contribution >= 0.6 is 11.6 Å². The van der Waals surface area contributed by atoms with Gasteiger partial charge in [-0.3, -0.25) is 14.9 Å². The molecule has 6 nitrogen and oxygen atoms in total. The second kappa shape index (κ2) is 10.2. The summed E-state index contributed by atoms with van der Waals surface area (Å²) in [5.74, 6) is -21.6. The predicted octanol–water partition coefficient (Wildman–Crippen LogP) is 7.07. The van der Waals surface area contributed by atoms with Gasteiger partial charge in [-0.25, -0.2) is 8.78 Å². The number of carbonyl (C=O) groups is 1. The van der Waals surface area contributed by atoms with Crippen LogP contribution in [-0.2, 0) is 6.18 Å².